The monoisotopic (exact) mass is 291 g/mol. The highest BCUT2D eigenvalue weighted by Crippen LogP contribution is 2.07. The van der Waals surface area contributed by atoms with E-state index in [1.54, 1.807) is 12.1 Å². The minimum Gasteiger partial charge on any atom is -0.370 e. The molecule has 106 valence electrons. The molecule has 0 saturated carbocycles. The van der Waals surface area contributed by atoms with Crippen molar-refractivity contribution in [3.63, 3.8) is 0 Å². The van der Waals surface area contributed by atoms with Crippen LogP contribution in [0.2, 0.25) is 0 Å². The zero-order valence-corrected chi connectivity index (χ0v) is 12.1. The molecule has 0 amide bonds. The van der Waals surface area contributed by atoms with E-state index in [9.17, 15) is 8.42 Å². The molecule has 0 atom stereocenters. The molecule has 1 heterocycles. The lowest BCUT2D eigenvalue weighted by atomic mass is 10.2. The first-order chi connectivity index (χ1) is 9.53. The molecule has 2 rings (SSSR count). The van der Waals surface area contributed by atoms with Crippen LogP contribution in [-0.2, 0) is 33.5 Å². The highest BCUT2D eigenvalue weighted by atomic mass is 32.2. The molecule has 0 unspecified atom stereocenters. The van der Waals surface area contributed by atoms with Crippen LogP contribution >= 0.6 is 0 Å². The second-order valence-corrected chi connectivity index (χ2v) is 6.81. The Hall–Kier alpha value is -1.72. The average molecular weight is 291 g/mol. The molecule has 0 fully saturated rings. The van der Waals surface area contributed by atoms with E-state index in [0.717, 1.165) is 11.3 Å². The second-order valence-electron chi connectivity index (χ2n) is 4.67. The van der Waals surface area contributed by atoms with Gasteiger partial charge in [0.1, 0.15) is 0 Å². The fourth-order valence-corrected chi connectivity index (χ4v) is 2.50. The van der Waals surface area contributed by atoms with Gasteiger partial charge in [0.15, 0.2) is 9.84 Å². The van der Waals surface area contributed by atoms with Crippen LogP contribution in [0.4, 0.5) is 0 Å². The summed E-state index contributed by atoms with van der Waals surface area (Å²) in [5, 5.41) is 0. The summed E-state index contributed by atoms with van der Waals surface area (Å²) in [7, 11) is -3.06. The van der Waals surface area contributed by atoms with Crippen molar-refractivity contribution in [3.8, 4) is 0 Å². The third-order valence-corrected chi connectivity index (χ3v) is 3.46. The molecule has 0 aliphatic carbocycles. The quantitative estimate of drug-likeness (QED) is 0.819. The van der Waals surface area contributed by atoms with Gasteiger partial charge in [0, 0.05) is 6.26 Å². The van der Waals surface area contributed by atoms with E-state index in [2.05, 4.69) is 4.98 Å². The molecule has 1 aromatic carbocycles. The molecule has 1 aromatic heterocycles. The van der Waals surface area contributed by atoms with Crippen molar-refractivity contribution in [2.45, 2.75) is 19.0 Å². The predicted octanol–water partition coefficient (Wildman–Crippen LogP) is 2.34. The molecule has 0 radical (unpaired) electrons. The van der Waals surface area contributed by atoms with Crippen LogP contribution in [0, 0.1) is 0 Å². The summed E-state index contributed by atoms with van der Waals surface area (Å²) in [5.41, 5.74) is 2.38. The lowest BCUT2D eigenvalue weighted by Crippen LogP contribution is -2.05. The number of aromatic nitrogens is 1. The van der Waals surface area contributed by atoms with Gasteiger partial charge in [-0.1, -0.05) is 36.4 Å². The highest BCUT2D eigenvalue weighted by Gasteiger charge is 2.06. The minimum absolute atomic E-state index is 0.0421. The van der Waals surface area contributed by atoms with Gasteiger partial charge in [-0.15, -0.1) is 0 Å². The van der Waals surface area contributed by atoms with Crippen LogP contribution in [0.1, 0.15) is 17.0 Å². The zero-order valence-electron chi connectivity index (χ0n) is 11.3. The molecule has 2 aromatic rings. The van der Waals surface area contributed by atoms with Crippen LogP contribution in [0.3, 0.4) is 0 Å². The van der Waals surface area contributed by atoms with Gasteiger partial charge in [0.25, 0.3) is 0 Å². The first-order valence-electron chi connectivity index (χ1n) is 6.27. The van der Waals surface area contributed by atoms with E-state index in [4.69, 9.17) is 4.74 Å². The average Bonchev–Trinajstić information content (AvgIpc) is 2.38. The fourth-order valence-electron chi connectivity index (χ4n) is 1.81. The standard InChI is InChI=1S/C15H17NO3S/c1-20(17,18)12-15-9-5-8-14(16-15)11-19-10-13-6-3-2-4-7-13/h2-9H,10-12H2,1H3. The lowest BCUT2D eigenvalue weighted by molar-refractivity contribution is 0.104. The number of sulfone groups is 1. The molecule has 0 bridgehead atoms. The highest BCUT2D eigenvalue weighted by molar-refractivity contribution is 7.89. The van der Waals surface area contributed by atoms with Gasteiger partial charge < -0.3 is 4.74 Å². The smallest absolute Gasteiger partial charge is 0.153 e. The van der Waals surface area contributed by atoms with Gasteiger partial charge >= 0.3 is 0 Å². The summed E-state index contributed by atoms with van der Waals surface area (Å²) in [4.78, 5) is 4.29. The number of hydrogen-bond acceptors (Lipinski definition) is 4. The number of hydrogen-bond donors (Lipinski definition) is 0. The van der Waals surface area contributed by atoms with Crippen LogP contribution in [0.15, 0.2) is 48.5 Å². The van der Waals surface area contributed by atoms with Gasteiger partial charge in [-0.05, 0) is 17.7 Å². The number of benzene rings is 1. The van der Waals surface area contributed by atoms with E-state index in [0.29, 0.717) is 18.9 Å². The first-order valence-corrected chi connectivity index (χ1v) is 8.33. The maximum absolute atomic E-state index is 11.2. The topological polar surface area (TPSA) is 56.3 Å². The van der Waals surface area contributed by atoms with Crippen molar-refractivity contribution in [1.82, 2.24) is 4.98 Å². The number of nitrogens with zero attached hydrogens (tertiary/aromatic N) is 1. The van der Waals surface area contributed by atoms with Crippen molar-refractivity contribution in [1.29, 1.82) is 0 Å². The molecule has 5 heteroatoms. The molecule has 4 nitrogen and oxygen atoms in total. The normalized spacial score (nSPS) is 11.4. The van der Waals surface area contributed by atoms with Gasteiger partial charge in [0.05, 0.1) is 30.4 Å². The maximum Gasteiger partial charge on any atom is 0.153 e. The van der Waals surface area contributed by atoms with Crippen LogP contribution in [0.5, 0.6) is 0 Å². The molecular weight excluding hydrogens is 274 g/mol. The van der Waals surface area contributed by atoms with E-state index in [1.165, 1.54) is 6.26 Å². The molecule has 0 aliphatic heterocycles. The van der Waals surface area contributed by atoms with Crippen LogP contribution < -0.4 is 0 Å². The molecule has 20 heavy (non-hydrogen) atoms. The number of pyridine rings is 1. The fraction of sp³-hybridized carbons (Fsp3) is 0.267. The Morgan fingerprint density at radius 1 is 0.950 bits per heavy atom. The third-order valence-electron chi connectivity index (χ3n) is 2.64. The molecular formula is C15H17NO3S. The second kappa shape index (κ2) is 6.63. The van der Waals surface area contributed by atoms with Crippen molar-refractivity contribution in [2.24, 2.45) is 0 Å². The summed E-state index contributed by atoms with van der Waals surface area (Å²) in [6, 6.07) is 15.2. The van der Waals surface area contributed by atoms with Crippen molar-refractivity contribution < 1.29 is 13.2 Å². The summed E-state index contributed by atoms with van der Waals surface area (Å²) >= 11 is 0. The third kappa shape index (κ3) is 5.11. The first kappa shape index (κ1) is 14.7. The maximum atomic E-state index is 11.2. The zero-order chi connectivity index (χ0) is 14.4. The van der Waals surface area contributed by atoms with Crippen LogP contribution in [0.25, 0.3) is 0 Å². The van der Waals surface area contributed by atoms with Crippen LogP contribution in [-0.4, -0.2) is 19.7 Å². The summed E-state index contributed by atoms with van der Waals surface area (Å²) < 4.78 is 28.1. The summed E-state index contributed by atoms with van der Waals surface area (Å²) in [6.07, 6.45) is 1.20. The van der Waals surface area contributed by atoms with Gasteiger partial charge in [-0.25, -0.2) is 8.42 Å². The van der Waals surface area contributed by atoms with E-state index in [1.807, 2.05) is 36.4 Å². The summed E-state index contributed by atoms with van der Waals surface area (Å²) in [6.45, 7) is 0.880. The minimum atomic E-state index is -3.06. The van der Waals surface area contributed by atoms with Gasteiger partial charge in [0.2, 0.25) is 0 Å². The van der Waals surface area contributed by atoms with E-state index in [-0.39, 0.29) is 5.75 Å². The van der Waals surface area contributed by atoms with Crippen molar-refractivity contribution in [2.75, 3.05) is 6.26 Å². The summed E-state index contributed by atoms with van der Waals surface area (Å²) in [5.74, 6) is -0.0421. The van der Waals surface area contributed by atoms with Gasteiger partial charge in [-0.3, -0.25) is 4.98 Å². The Labute approximate surface area is 119 Å². The Balaban J connectivity index is 1.92. The molecule has 0 spiro atoms. The van der Waals surface area contributed by atoms with E-state index < -0.39 is 9.84 Å². The number of rotatable bonds is 6. The Kier molecular flexibility index (Phi) is 4.87. The SMILES string of the molecule is CS(=O)(=O)Cc1cccc(COCc2ccccc2)n1. The lowest BCUT2D eigenvalue weighted by Gasteiger charge is -2.06. The van der Waals surface area contributed by atoms with Crippen molar-refractivity contribution in [3.05, 3.63) is 65.5 Å². The van der Waals surface area contributed by atoms with E-state index >= 15 is 0 Å². The molecule has 0 saturated heterocycles. The van der Waals surface area contributed by atoms with Crippen molar-refractivity contribution >= 4 is 9.84 Å². The Morgan fingerprint density at radius 2 is 1.65 bits per heavy atom. The molecule has 0 N–H and O–H groups in total. The Bertz CT molecular complexity index is 654. The van der Waals surface area contributed by atoms with Gasteiger partial charge in [-0.2, -0.15) is 0 Å². The largest absolute Gasteiger partial charge is 0.370 e. The predicted molar refractivity (Wildman–Crippen MR) is 77.7 cm³/mol. The Morgan fingerprint density at radius 3 is 2.35 bits per heavy atom. The number of ether oxygens (including phenoxy) is 1. The molecule has 0 aliphatic rings.